The second-order valence-electron chi connectivity index (χ2n) is 7.80. The summed E-state index contributed by atoms with van der Waals surface area (Å²) in [6, 6.07) is 14.8. The van der Waals surface area contributed by atoms with Gasteiger partial charge in [-0.25, -0.2) is 10.1 Å². The van der Waals surface area contributed by atoms with Gasteiger partial charge >= 0.3 is 0 Å². The van der Waals surface area contributed by atoms with Crippen LogP contribution in [0.3, 0.4) is 0 Å². The number of hydrogen-bond donors (Lipinski definition) is 2. The smallest absolute Gasteiger partial charge is 0.259 e. The number of unbranched alkanes of at least 4 members (excludes halogenated alkanes) is 1. The number of halogens is 1. The fourth-order valence-electron chi connectivity index (χ4n) is 3.60. The minimum atomic E-state index is -0.622. The Morgan fingerprint density at radius 2 is 1.97 bits per heavy atom. The van der Waals surface area contributed by atoms with Crippen molar-refractivity contribution in [2.75, 3.05) is 0 Å². The van der Waals surface area contributed by atoms with Gasteiger partial charge in [-0.1, -0.05) is 55.3 Å². The van der Waals surface area contributed by atoms with Crippen molar-refractivity contribution in [2.24, 2.45) is 0 Å². The van der Waals surface area contributed by atoms with Crippen LogP contribution in [0.15, 0.2) is 59.5 Å². The molecule has 2 heterocycles. The number of rotatable bonds is 10. The van der Waals surface area contributed by atoms with Crippen LogP contribution in [-0.2, 0) is 19.6 Å². The van der Waals surface area contributed by atoms with Crippen LogP contribution in [0.5, 0.6) is 5.75 Å². The molecule has 34 heavy (non-hydrogen) atoms. The van der Waals surface area contributed by atoms with Crippen LogP contribution in [0.4, 0.5) is 0 Å². The molecule has 0 aliphatic carbocycles. The quantitative estimate of drug-likeness (QED) is 0.356. The van der Waals surface area contributed by atoms with E-state index in [1.165, 1.54) is 6.20 Å². The van der Waals surface area contributed by atoms with E-state index in [0.717, 1.165) is 24.0 Å². The minimum Gasteiger partial charge on any atom is -0.478 e. The molecule has 0 spiro atoms. The predicted octanol–water partition coefficient (Wildman–Crippen LogP) is 3.46. The number of aromatic nitrogens is 6. The zero-order chi connectivity index (χ0) is 23.9. The first-order valence-corrected chi connectivity index (χ1v) is 11.4. The summed E-state index contributed by atoms with van der Waals surface area (Å²) in [5.74, 6) is 1.73. The number of hydrogen-bond acceptors (Lipinski definition) is 7. The number of ether oxygens (including phenoxy) is 1. The summed E-state index contributed by atoms with van der Waals surface area (Å²) in [6.07, 6.45) is 3.47. The van der Waals surface area contributed by atoms with Crippen molar-refractivity contribution in [1.29, 1.82) is 0 Å². The van der Waals surface area contributed by atoms with Crippen LogP contribution in [-0.4, -0.2) is 35.3 Å². The summed E-state index contributed by atoms with van der Waals surface area (Å²) in [4.78, 5) is 17.2. The Hall–Kier alpha value is -3.56. The van der Waals surface area contributed by atoms with E-state index in [1.807, 2.05) is 42.5 Å². The monoisotopic (exact) mass is 480 g/mol. The Morgan fingerprint density at radius 1 is 1.18 bits per heavy atom. The number of aliphatic hydroxyl groups is 1. The molecule has 10 heteroatoms. The maximum absolute atomic E-state index is 12.8. The van der Waals surface area contributed by atoms with E-state index in [0.29, 0.717) is 35.4 Å². The lowest BCUT2D eigenvalue weighted by Crippen LogP contribution is -2.28. The molecular formula is C24H25ClN6O3. The lowest BCUT2D eigenvalue weighted by molar-refractivity contribution is 0.237. The second kappa shape index (κ2) is 11.0. The van der Waals surface area contributed by atoms with Crippen molar-refractivity contribution in [3.63, 3.8) is 0 Å². The standard InChI is InChI=1S/C24H25ClN6O3/c1-2-3-8-21-26-13-17(15-32)24(33)31(21)14-16-9-11-18(12-10-16)34-22(23-27-29-30-28-23)19-6-4-5-7-20(19)25/h4-7,9-13,22,32H,2-3,8,14-15H2,1H3,(H,27,28,29,30). The number of aryl methyl sites for hydroxylation is 1. The number of nitrogens with one attached hydrogen (secondary N) is 1. The van der Waals surface area contributed by atoms with E-state index >= 15 is 0 Å². The van der Waals surface area contributed by atoms with Crippen LogP contribution in [0, 0.1) is 0 Å². The highest BCUT2D eigenvalue weighted by atomic mass is 35.5. The fraction of sp³-hybridized carbons (Fsp3) is 0.292. The highest BCUT2D eigenvalue weighted by Crippen LogP contribution is 2.31. The van der Waals surface area contributed by atoms with Crippen molar-refractivity contribution < 1.29 is 9.84 Å². The topological polar surface area (TPSA) is 119 Å². The van der Waals surface area contributed by atoms with Gasteiger partial charge in [0.05, 0.1) is 18.7 Å². The summed E-state index contributed by atoms with van der Waals surface area (Å²) in [5.41, 5.74) is 1.69. The molecule has 1 atom stereocenters. The van der Waals surface area contributed by atoms with Crippen molar-refractivity contribution in [3.8, 4) is 5.75 Å². The van der Waals surface area contributed by atoms with E-state index in [2.05, 4.69) is 32.5 Å². The summed E-state index contributed by atoms with van der Waals surface area (Å²) < 4.78 is 7.82. The van der Waals surface area contributed by atoms with Gasteiger partial charge in [0.15, 0.2) is 11.9 Å². The lowest BCUT2D eigenvalue weighted by atomic mass is 10.1. The highest BCUT2D eigenvalue weighted by Gasteiger charge is 2.22. The van der Waals surface area contributed by atoms with Crippen molar-refractivity contribution in [1.82, 2.24) is 30.2 Å². The average molecular weight is 481 g/mol. The molecule has 0 aliphatic heterocycles. The molecule has 176 valence electrons. The van der Waals surface area contributed by atoms with Gasteiger partial charge in [0.2, 0.25) is 0 Å². The SMILES string of the molecule is CCCCc1ncc(CO)c(=O)n1Cc1ccc(OC(c2nnn[nH]2)c2ccccc2Cl)cc1. The molecule has 1 unspecified atom stereocenters. The molecule has 4 aromatic rings. The molecule has 0 aliphatic rings. The van der Waals surface area contributed by atoms with Crippen LogP contribution in [0.25, 0.3) is 0 Å². The van der Waals surface area contributed by atoms with Crippen molar-refractivity contribution in [2.45, 2.75) is 45.4 Å². The summed E-state index contributed by atoms with van der Waals surface area (Å²) in [5, 5.41) is 24.1. The molecular weight excluding hydrogens is 456 g/mol. The molecule has 0 bridgehead atoms. The molecule has 0 saturated carbocycles. The van der Waals surface area contributed by atoms with Gasteiger partial charge < -0.3 is 9.84 Å². The molecule has 2 N–H and O–H groups in total. The lowest BCUT2D eigenvalue weighted by Gasteiger charge is -2.18. The third kappa shape index (κ3) is 5.32. The van der Waals surface area contributed by atoms with Gasteiger partial charge in [0, 0.05) is 23.2 Å². The van der Waals surface area contributed by atoms with Crippen LogP contribution >= 0.6 is 11.6 Å². The number of aromatic amines is 1. The van der Waals surface area contributed by atoms with Crippen molar-refractivity contribution in [3.05, 3.63) is 98.4 Å². The molecule has 0 radical (unpaired) electrons. The van der Waals surface area contributed by atoms with E-state index in [1.54, 1.807) is 10.6 Å². The molecule has 9 nitrogen and oxygen atoms in total. The Bertz CT molecular complexity index is 1270. The average Bonchev–Trinajstić information content (AvgIpc) is 3.39. The third-order valence-corrected chi connectivity index (χ3v) is 5.79. The number of benzene rings is 2. The minimum absolute atomic E-state index is 0.222. The number of nitrogens with zero attached hydrogens (tertiary/aromatic N) is 5. The zero-order valence-electron chi connectivity index (χ0n) is 18.7. The maximum Gasteiger partial charge on any atom is 0.259 e. The van der Waals surface area contributed by atoms with E-state index in [9.17, 15) is 9.90 Å². The number of H-pyrrole nitrogens is 1. The first-order valence-electron chi connectivity index (χ1n) is 11.0. The predicted molar refractivity (Wildman–Crippen MR) is 127 cm³/mol. The fourth-order valence-corrected chi connectivity index (χ4v) is 3.83. The van der Waals surface area contributed by atoms with Gasteiger partial charge in [-0.2, -0.15) is 0 Å². The molecule has 4 rings (SSSR count). The summed E-state index contributed by atoms with van der Waals surface area (Å²) in [6.45, 7) is 2.10. The van der Waals surface area contributed by atoms with Gasteiger partial charge in [0.25, 0.3) is 5.56 Å². The first kappa shape index (κ1) is 23.6. The van der Waals surface area contributed by atoms with Gasteiger partial charge in [0.1, 0.15) is 11.6 Å². The Kier molecular flexibility index (Phi) is 7.66. The zero-order valence-corrected chi connectivity index (χ0v) is 19.4. The Balaban J connectivity index is 1.58. The molecule has 0 saturated heterocycles. The molecule has 2 aromatic carbocycles. The van der Waals surface area contributed by atoms with Gasteiger partial charge in [-0.15, -0.1) is 5.10 Å². The Morgan fingerprint density at radius 3 is 2.65 bits per heavy atom. The number of aliphatic hydroxyl groups excluding tert-OH is 1. The van der Waals surface area contributed by atoms with E-state index in [-0.39, 0.29) is 17.7 Å². The van der Waals surface area contributed by atoms with Crippen molar-refractivity contribution >= 4 is 11.6 Å². The molecule has 2 aromatic heterocycles. The maximum atomic E-state index is 12.8. The Labute approximate surface area is 201 Å². The van der Waals surface area contributed by atoms with Crippen LogP contribution in [0.2, 0.25) is 5.02 Å². The van der Waals surface area contributed by atoms with E-state index in [4.69, 9.17) is 16.3 Å². The molecule has 0 amide bonds. The normalized spacial score (nSPS) is 12.0. The van der Waals surface area contributed by atoms with Crippen LogP contribution < -0.4 is 10.3 Å². The van der Waals surface area contributed by atoms with Crippen LogP contribution in [0.1, 0.15) is 54.2 Å². The third-order valence-electron chi connectivity index (χ3n) is 5.44. The highest BCUT2D eigenvalue weighted by molar-refractivity contribution is 6.31. The second-order valence-corrected chi connectivity index (χ2v) is 8.21. The largest absolute Gasteiger partial charge is 0.478 e. The molecule has 0 fully saturated rings. The number of tetrazole rings is 1. The summed E-state index contributed by atoms with van der Waals surface area (Å²) in [7, 11) is 0. The van der Waals surface area contributed by atoms with Gasteiger partial charge in [-0.05, 0) is 40.6 Å². The first-order chi connectivity index (χ1) is 16.6. The van der Waals surface area contributed by atoms with E-state index < -0.39 is 6.10 Å². The van der Waals surface area contributed by atoms with Gasteiger partial charge in [-0.3, -0.25) is 9.36 Å². The summed E-state index contributed by atoms with van der Waals surface area (Å²) >= 11 is 6.39.